The normalized spacial score (nSPS) is 20.1. The van der Waals surface area contributed by atoms with E-state index in [0.29, 0.717) is 6.54 Å². The molecule has 1 fully saturated rings. The van der Waals surface area contributed by atoms with E-state index < -0.39 is 0 Å². The van der Waals surface area contributed by atoms with Crippen molar-refractivity contribution in [1.82, 2.24) is 4.90 Å². The first kappa shape index (κ1) is 12.1. The summed E-state index contributed by atoms with van der Waals surface area (Å²) in [5.41, 5.74) is 0. The Morgan fingerprint density at radius 2 is 2.35 bits per heavy atom. The van der Waals surface area contributed by atoms with Crippen LogP contribution in [-0.4, -0.2) is 37.0 Å². The fourth-order valence-electron chi connectivity index (χ4n) is 2.08. The lowest BCUT2D eigenvalue weighted by atomic mass is 9.98. The number of likely N-dealkylation sites (tertiary alicyclic amines) is 1. The molecule has 0 aromatic carbocycles. The van der Waals surface area contributed by atoms with Gasteiger partial charge in [-0.3, -0.25) is 9.59 Å². The molecular weight excluding hydrogens is 238 g/mol. The molecule has 1 aromatic heterocycles. The lowest BCUT2D eigenvalue weighted by Crippen LogP contribution is -2.42. The highest BCUT2D eigenvalue weighted by atomic mass is 32.1. The molecule has 0 aliphatic carbocycles. The molecule has 92 valence electrons. The first-order valence-electron chi connectivity index (χ1n) is 5.63. The number of esters is 1. The molecule has 0 spiro atoms. The highest BCUT2D eigenvalue weighted by molar-refractivity contribution is 7.12. The average molecular weight is 253 g/mol. The Bertz CT molecular complexity index is 402. The number of hydrogen-bond acceptors (Lipinski definition) is 4. The van der Waals surface area contributed by atoms with Crippen LogP contribution in [0.1, 0.15) is 22.5 Å². The lowest BCUT2D eigenvalue weighted by molar-refractivity contribution is -0.146. The Balaban J connectivity index is 2.02. The molecule has 1 aliphatic heterocycles. The van der Waals surface area contributed by atoms with E-state index in [9.17, 15) is 9.59 Å². The SMILES string of the molecule is COC(=O)[C@@H]1CCCN(C(=O)c2cccs2)C1. The van der Waals surface area contributed by atoms with E-state index in [1.54, 1.807) is 4.90 Å². The van der Waals surface area contributed by atoms with Crippen LogP contribution >= 0.6 is 11.3 Å². The van der Waals surface area contributed by atoms with Crippen LogP contribution in [0.3, 0.4) is 0 Å². The number of hydrogen-bond donors (Lipinski definition) is 0. The molecule has 0 bridgehead atoms. The summed E-state index contributed by atoms with van der Waals surface area (Å²) in [7, 11) is 1.39. The van der Waals surface area contributed by atoms with Gasteiger partial charge < -0.3 is 9.64 Å². The van der Waals surface area contributed by atoms with Crippen molar-refractivity contribution in [3.63, 3.8) is 0 Å². The summed E-state index contributed by atoms with van der Waals surface area (Å²) in [6.45, 7) is 1.20. The molecule has 1 amide bonds. The van der Waals surface area contributed by atoms with E-state index in [1.165, 1.54) is 18.4 Å². The van der Waals surface area contributed by atoms with Gasteiger partial charge in [0.15, 0.2) is 0 Å². The highest BCUT2D eigenvalue weighted by Crippen LogP contribution is 2.21. The number of amides is 1. The molecule has 1 atom stereocenters. The van der Waals surface area contributed by atoms with E-state index >= 15 is 0 Å². The maximum absolute atomic E-state index is 12.1. The van der Waals surface area contributed by atoms with Crippen LogP contribution in [0.4, 0.5) is 0 Å². The molecule has 0 N–H and O–H groups in total. The quantitative estimate of drug-likeness (QED) is 0.755. The largest absolute Gasteiger partial charge is 0.469 e. The zero-order valence-corrected chi connectivity index (χ0v) is 10.5. The molecule has 1 aromatic rings. The predicted molar refractivity (Wildman–Crippen MR) is 65.0 cm³/mol. The second-order valence-corrected chi connectivity index (χ2v) is 5.04. The standard InChI is InChI=1S/C12H15NO3S/c1-16-12(15)9-4-2-6-13(8-9)11(14)10-5-3-7-17-10/h3,5,7,9H,2,4,6,8H2,1H3/t9-/m1/s1. The van der Waals surface area contributed by atoms with Crippen molar-refractivity contribution in [2.45, 2.75) is 12.8 Å². The number of nitrogens with zero attached hydrogens (tertiary/aromatic N) is 1. The number of rotatable bonds is 2. The van der Waals surface area contributed by atoms with E-state index in [-0.39, 0.29) is 17.8 Å². The third kappa shape index (κ3) is 2.66. The van der Waals surface area contributed by atoms with Crippen LogP contribution in [0.25, 0.3) is 0 Å². The highest BCUT2D eigenvalue weighted by Gasteiger charge is 2.29. The number of thiophene rings is 1. The molecule has 2 rings (SSSR count). The van der Waals surface area contributed by atoms with Crippen molar-refractivity contribution in [2.24, 2.45) is 5.92 Å². The summed E-state index contributed by atoms with van der Waals surface area (Å²) in [5, 5.41) is 1.88. The van der Waals surface area contributed by atoms with E-state index in [1.807, 2.05) is 17.5 Å². The first-order chi connectivity index (χ1) is 8.22. The summed E-state index contributed by atoms with van der Waals surface area (Å²) in [5.74, 6) is -0.361. The lowest BCUT2D eigenvalue weighted by Gasteiger charge is -2.31. The topological polar surface area (TPSA) is 46.6 Å². The van der Waals surface area contributed by atoms with E-state index in [4.69, 9.17) is 4.74 Å². The molecule has 4 nitrogen and oxygen atoms in total. The second-order valence-electron chi connectivity index (χ2n) is 4.09. The third-order valence-electron chi connectivity index (χ3n) is 2.98. The molecule has 1 aliphatic rings. The van der Waals surface area contributed by atoms with Crippen molar-refractivity contribution >= 4 is 23.2 Å². The van der Waals surface area contributed by atoms with Gasteiger partial charge in [-0.05, 0) is 24.3 Å². The van der Waals surface area contributed by atoms with Gasteiger partial charge in [-0.1, -0.05) is 6.07 Å². The summed E-state index contributed by atoms with van der Waals surface area (Å²) in [6.07, 6.45) is 1.66. The number of carbonyl (C=O) groups is 2. The first-order valence-corrected chi connectivity index (χ1v) is 6.51. The van der Waals surface area contributed by atoms with Crippen LogP contribution in [0.15, 0.2) is 17.5 Å². The zero-order valence-electron chi connectivity index (χ0n) is 9.72. The molecule has 17 heavy (non-hydrogen) atoms. The minimum atomic E-state index is -0.214. The predicted octanol–water partition coefficient (Wildman–Crippen LogP) is 1.77. The van der Waals surface area contributed by atoms with Gasteiger partial charge in [-0.15, -0.1) is 11.3 Å². The van der Waals surface area contributed by atoms with Gasteiger partial charge in [0.1, 0.15) is 0 Å². The molecule has 2 heterocycles. The number of methoxy groups -OCH3 is 1. The molecule has 0 saturated carbocycles. The number of ether oxygens (including phenoxy) is 1. The van der Waals surface area contributed by atoms with Gasteiger partial charge in [0.2, 0.25) is 0 Å². The van der Waals surface area contributed by atoms with Crippen LogP contribution in [0.5, 0.6) is 0 Å². The molecular formula is C12H15NO3S. The minimum Gasteiger partial charge on any atom is -0.469 e. The number of carbonyl (C=O) groups excluding carboxylic acids is 2. The van der Waals surface area contributed by atoms with Crippen molar-refractivity contribution in [3.8, 4) is 0 Å². The van der Waals surface area contributed by atoms with Crippen LogP contribution in [0.2, 0.25) is 0 Å². The fraction of sp³-hybridized carbons (Fsp3) is 0.500. The molecule has 1 saturated heterocycles. The minimum absolute atomic E-state index is 0.0219. The van der Waals surface area contributed by atoms with Crippen molar-refractivity contribution in [3.05, 3.63) is 22.4 Å². The summed E-state index contributed by atoms with van der Waals surface area (Å²) in [6, 6.07) is 3.67. The van der Waals surface area contributed by atoms with Gasteiger partial charge in [-0.2, -0.15) is 0 Å². The Morgan fingerprint density at radius 3 is 3.00 bits per heavy atom. The van der Waals surface area contributed by atoms with E-state index in [2.05, 4.69) is 0 Å². The molecule has 0 unspecified atom stereocenters. The fourth-order valence-corrected chi connectivity index (χ4v) is 2.77. The van der Waals surface area contributed by atoms with Gasteiger partial charge >= 0.3 is 5.97 Å². The average Bonchev–Trinajstić information content (AvgIpc) is 2.91. The van der Waals surface area contributed by atoms with Crippen LogP contribution in [-0.2, 0) is 9.53 Å². The Hall–Kier alpha value is -1.36. The Labute approximate surface area is 104 Å². The number of piperidine rings is 1. The third-order valence-corrected chi connectivity index (χ3v) is 3.83. The van der Waals surface area contributed by atoms with Gasteiger partial charge in [0.25, 0.3) is 5.91 Å². The Morgan fingerprint density at radius 1 is 1.53 bits per heavy atom. The Kier molecular flexibility index (Phi) is 3.78. The summed E-state index contributed by atoms with van der Waals surface area (Å²) < 4.78 is 4.73. The van der Waals surface area contributed by atoms with Crippen LogP contribution < -0.4 is 0 Å². The maximum atomic E-state index is 12.1. The van der Waals surface area contributed by atoms with Crippen molar-refractivity contribution < 1.29 is 14.3 Å². The smallest absolute Gasteiger partial charge is 0.310 e. The van der Waals surface area contributed by atoms with Gasteiger partial charge in [0, 0.05) is 13.1 Å². The van der Waals surface area contributed by atoms with Gasteiger partial charge in [0.05, 0.1) is 17.9 Å². The summed E-state index contributed by atoms with van der Waals surface area (Å²) in [4.78, 5) is 26.0. The molecule has 5 heteroatoms. The van der Waals surface area contributed by atoms with Crippen molar-refractivity contribution in [1.29, 1.82) is 0 Å². The zero-order chi connectivity index (χ0) is 12.3. The van der Waals surface area contributed by atoms with E-state index in [0.717, 1.165) is 24.3 Å². The van der Waals surface area contributed by atoms with Gasteiger partial charge in [-0.25, -0.2) is 0 Å². The van der Waals surface area contributed by atoms with Crippen molar-refractivity contribution in [2.75, 3.05) is 20.2 Å². The second kappa shape index (κ2) is 5.31. The monoisotopic (exact) mass is 253 g/mol. The molecule has 0 radical (unpaired) electrons. The summed E-state index contributed by atoms with van der Waals surface area (Å²) >= 11 is 1.43. The maximum Gasteiger partial charge on any atom is 0.310 e. The van der Waals surface area contributed by atoms with Crippen LogP contribution in [0, 0.1) is 5.92 Å².